The maximum atomic E-state index is 14.1. The maximum Gasteiger partial charge on any atom is 0.351 e. The number of ether oxygens (including phenoxy) is 13. The van der Waals surface area contributed by atoms with E-state index >= 15 is 0 Å². The van der Waals surface area contributed by atoms with Crippen molar-refractivity contribution in [2.75, 3.05) is 128 Å². The zero-order valence-electron chi connectivity index (χ0n) is 74.5. The van der Waals surface area contributed by atoms with Gasteiger partial charge in [0.2, 0.25) is 11.9 Å². The standard InChI is InChI=1S/C70H96N24O35P6S6/c1-29(2)110-21-69-22-111-48(62(122-69)91-16-31(4)53(73)84-68(91)99)50(69)129-135(105,141)117-24-70-23-112-49(63(123-70)93-27-79-41-54(74)77-25-78-55(41)93)51(70)128-134(104,140)116-20-37-45(47(109-12-10-107-6)61(121-37)94-28-81-43-57(94)86-65(76)88-59(43)96)127-133(103,139)115-19-36-44(46(108-11-9-106-5)60(120-36)90-15-30(3)52(72)83-67(90)98)126-132(102,138)114-18-35-33(14-40(119-35)92-26-80-42-56(92)85-64(75)87-58(42)95)125-131(101,137)113-17-34-32(124-130(100)136)13-39(118-34)89-8-7-38(71)82-66(89)97/h7-8,15-16,25-29,32-37,39-40,44-51,60-63,130H,9-14,17-24H2,1-6H3,(H,100,136)(H,101,137)(H,102,138)(H,103,139)(H,104,140)(H,105,141)(H2,71,82,97)(H2,72,83,98)(H2,73,84,99)(H2,74,77,78)(H3,75,85,87,95)(H3,76,86,88,96). The number of methoxy groups -OCH3 is 2. The van der Waals surface area contributed by atoms with Crippen LogP contribution in [0.25, 0.3) is 33.5 Å². The molecule has 28 unspecified atom stereocenters. The van der Waals surface area contributed by atoms with Gasteiger partial charge in [-0.25, -0.2) is 39.3 Å². The SMILES string of the molecule is COCCOC1C(OP(O)(=S)OCC2OC(n3cnc4c(=O)[nH]c(N)nc43)CC2OP(O)(=S)OCC2OC(n3ccc(N)nc3=O)CC2O[PH](O)=S)C(COP(O)(=S)OC2C(COP(O)(=S)OC3C4OCC3(COP(O)(=S)OC3C5OCC3(COC(C)C)OC5n3cc(C)c(N)nc3=O)OC4n3cnc4c(N)ncnc43)OC(n3cnc4c(=O)[nH]c(N)nc43)C2OCCOC)OC1n1cc(C)c(N)nc1=O. The Morgan fingerprint density at radius 3 is 1.46 bits per heavy atom. The molecule has 0 amide bonds. The van der Waals surface area contributed by atoms with Crippen LogP contribution in [0.1, 0.15) is 75.2 Å². The summed E-state index contributed by atoms with van der Waals surface area (Å²) in [5.74, 6) is -0.956. The first-order chi connectivity index (χ1) is 66.8. The van der Waals surface area contributed by atoms with Crippen molar-refractivity contribution in [1.29, 1.82) is 0 Å². The number of imidazole rings is 3. The van der Waals surface area contributed by atoms with E-state index < -0.39 is 243 Å². The predicted octanol–water partition coefficient (Wildman–Crippen LogP) is -1.86. The van der Waals surface area contributed by atoms with Gasteiger partial charge in [-0.05, 0) is 105 Å². The van der Waals surface area contributed by atoms with Crippen molar-refractivity contribution in [3.8, 4) is 0 Å². The number of aryl methyl sites for hydroxylation is 2. The molecule has 0 aliphatic carbocycles. The van der Waals surface area contributed by atoms with Gasteiger partial charge in [-0.3, -0.25) is 65.1 Å². The molecule has 8 aliphatic heterocycles. The number of anilines is 6. The molecule has 17 rings (SSSR count). The van der Waals surface area contributed by atoms with E-state index in [0.717, 1.165) is 15.5 Å². The van der Waals surface area contributed by atoms with Gasteiger partial charge in [0.15, 0.2) is 65.9 Å². The summed E-state index contributed by atoms with van der Waals surface area (Å²) in [5.41, 5.74) is 29.0. The van der Waals surface area contributed by atoms with Gasteiger partial charge in [-0.15, -0.1) is 0 Å². The number of nitrogens with zero attached hydrogens (tertiary/aromatic N) is 16. The molecule has 141 heavy (non-hydrogen) atoms. The van der Waals surface area contributed by atoms with Crippen molar-refractivity contribution >= 4 is 180 Å². The largest absolute Gasteiger partial charge is 0.383 e. The fraction of sp³-hybridized carbons (Fsp3) is 0.614. The quantitative estimate of drug-likeness (QED) is 0.0147. The molecule has 772 valence electrons. The first-order valence-corrected chi connectivity index (χ1v) is 57.9. The van der Waals surface area contributed by atoms with E-state index in [1.807, 2.05) is 0 Å². The molecule has 0 saturated carbocycles. The third kappa shape index (κ3) is 22.9. The summed E-state index contributed by atoms with van der Waals surface area (Å²) < 4.78 is 158. The second-order valence-electron chi connectivity index (χ2n) is 33.3. The highest BCUT2D eigenvalue weighted by atomic mass is 32.5. The van der Waals surface area contributed by atoms with Crippen molar-refractivity contribution in [3.63, 3.8) is 0 Å². The minimum atomic E-state index is -5.02. The first-order valence-electron chi connectivity index (χ1n) is 42.5. The lowest BCUT2D eigenvalue weighted by molar-refractivity contribution is -0.197. The molecule has 17 heterocycles. The minimum Gasteiger partial charge on any atom is -0.383 e. The number of H-pyrrole nitrogens is 2. The minimum absolute atomic E-state index is 0.0126. The van der Waals surface area contributed by atoms with Gasteiger partial charge < -0.3 is 157 Å². The molecule has 9 aromatic rings. The zero-order chi connectivity index (χ0) is 101. The Kier molecular flexibility index (Phi) is 31.9. The molecule has 20 N–H and O–H groups in total. The van der Waals surface area contributed by atoms with E-state index in [4.69, 9.17) is 217 Å². The third-order valence-electron chi connectivity index (χ3n) is 23.5. The Labute approximate surface area is 825 Å². The molecule has 8 aliphatic rings. The summed E-state index contributed by atoms with van der Waals surface area (Å²) in [6, 6.07) is 1.35. The lowest BCUT2D eigenvalue weighted by Crippen LogP contribution is -2.47. The van der Waals surface area contributed by atoms with Crippen LogP contribution in [0, 0.1) is 13.8 Å². The maximum absolute atomic E-state index is 14.1. The van der Waals surface area contributed by atoms with Gasteiger partial charge in [0, 0.05) is 56.8 Å². The number of rotatable bonds is 44. The Balaban J connectivity index is 0.648. The first kappa shape index (κ1) is 106. The number of nitrogens with two attached hydrogens (primary N) is 6. The summed E-state index contributed by atoms with van der Waals surface area (Å²) in [6.45, 7) is -22.9. The van der Waals surface area contributed by atoms with E-state index in [-0.39, 0.29) is 133 Å². The third-order valence-corrected chi connectivity index (χ3v) is 32.1. The molecule has 28 atom stereocenters. The van der Waals surface area contributed by atoms with Crippen LogP contribution in [0.3, 0.4) is 0 Å². The summed E-state index contributed by atoms with van der Waals surface area (Å²) >= 11 is 34.0. The Morgan fingerprint density at radius 2 is 0.936 bits per heavy atom. The Morgan fingerprint density at radius 1 is 0.496 bits per heavy atom. The fourth-order valence-corrected chi connectivity index (χ4v) is 25.2. The second-order valence-corrected chi connectivity index (χ2v) is 49.1. The van der Waals surface area contributed by atoms with E-state index in [2.05, 4.69) is 59.8 Å². The molecule has 0 aromatic carbocycles. The number of hydrogen-bond acceptors (Lipinski definition) is 51. The molecule has 0 radical (unpaired) electrons. The van der Waals surface area contributed by atoms with Crippen molar-refractivity contribution in [3.05, 3.63) is 113 Å². The number of nitrogen functional groups attached to an aromatic ring is 6. The normalized spacial score (nSPS) is 31.1. The van der Waals surface area contributed by atoms with Gasteiger partial charge in [-0.2, -0.15) is 24.9 Å². The van der Waals surface area contributed by atoms with Crippen LogP contribution in [0.2, 0.25) is 0 Å². The van der Waals surface area contributed by atoms with Crippen molar-refractivity contribution in [1.82, 2.24) is 87.2 Å². The Hall–Kier alpha value is -6.61. The van der Waals surface area contributed by atoms with Crippen LogP contribution in [0.5, 0.6) is 0 Å². The average Bonchev–Trinajstić information content (AvgIpc) is 1.51. The van der Waals surface area contributed by atoms with Crippen LogP contribution < -0.4 is 62.6 Å². The number of fused-ring (bicyclic) bond motifs is 7. The summed E-state index contributed by atoms with van der Waals surface area (Å²) in [5, 5.41) is 0. The molecule has 9 aromatic heterocycles. The number of nitrogens with one attached hydrogen (secondary N) is 2. The number of hydrogen-bond donors (Lipinski definition) is 14. The second kappa shape index (κ2) is 42.6. The van der Waals surface area contributed by atoms with Crippen LogP contribution in [-0.2, 0) is 182 Å². The molecule has 8 saturated heterocycles. The Bertz CT molecular complexity index is 6780. The zero-order valence-corrected chi connectivity index (χ0v) is 84.8. The molecule has 8 fully saturated rings. The van der Waals surface area contributed by atoms with Crippen LogP contribution >= 0.6 is 40.7 Å². The summed E-state index contributed by atoms with van der Waals surface area (Å²) in [4.78, 5) is 186. The van der Waals surface area contributed by atoms with Gasteiger partial charge in [0.1, 0.15) is 126 Å². The van der Waals surface area contributed by atoms with E-state index in [0.29, 0.717) is 5.56 Å². The van der Waals surface area contributed by atoms with Crippen molar-refractivity contribution in [2.24, 2.45) is 0 Å². The highest BCUT2D eigenvalue weighted by molar-refractivity contribution is 8.08. The number of aromatic amines is 2. The molecule has 59 nitrogen and oxygen atoms in total. The summed E-state index contributed by atoms with van der Waals surface area (Å²) in [7, 11) is -0.122. The van der Waals surface area contributed by atoms with E-state index in [9.17, 15) is 53.3 Å². The van der Waals surface area contributed by atoms with Crippen molar-refractivity contribution < 1.29 is 141 Å². The van der Waals surface area contributed by atoms with Gasteiger partial charge in [0.25, 0.3) is 11.1 Å². The fourth-order valence-electron chi connectivity index (χ4n) is 17.0. The highest BCUT2D eigenvalue weighted by Gasteiger charge is 2.68. The smallest absolute Gasteiger partial charge is 0.351 e. The van der Waals surface area contributed by atoms with Crippen molar-refractivity contribution in [2.45, 2.75) is 181 Å². The summed E-state index contributed by atoms with van der Waals surface area (Å²) in [6.07, 6.45) is -20.3. The highest BCUT2D eigenvalue weighted by Crippen LogP contribution is 2.62. The van der Waals surface area contributed by atoms with Crippen LogP contribution in [0.15, 0.2) is 73.9 Å². The lowest BCUT2D eigenvalue weighted by Gasteiger charge is -2.34. The monoisotopic (exact) mass is 2210 g/mol. The van der Waals surface area contributed by atoms with Gasteiger partial charge in [-0.1, -0.05) is 0 Å². The van der Waals surface area contributed by atoms with Gasteiger partial charge >= 0.3 is 50.7 Å². The molecular weight excluding hydrogens is 2120 g/mol. The van der Waals surface area contributed by atoms with Crippen LogP contribution in [-0.4, -0.2) is 313 Å². The molecule has 4 bridgehead atoms. The van der Waals surface area contributed by atoms with Crippen LogP contribution in [0.4, 0.5) is 35.2 Å². The topological polar surface area (TPSA) is 774 Å². The number of aromatic nitrogens is 18. The average molecular weight is 2210 g/mol. The predicted molar refractivity (Wildman–Crippen MR) is 507 cm³/mol. The molecule has 0 spiro atoms. The van der Waals surface area contributed by atoms with E-state index in [1.165, 1.54) is 83.1 Å². The lowest BCUT2D eigenvalue weighted by atomic mass is 10.0. The van der Waals surface area contributed by atoms with Gasteiger partial charge in [0.05, 0.1) is 117 Å². The molecule has 71 heteroatoms. The molecular formula is C70H96N24O35P6S6. The van der Waals surface area contributed by atoms with E-state index in [1.54, 1.807) is 20.8 Å².